The van der Waals surface area contributed by atoms with Gasteiger partial charge in [-0.2, -0.15) is 0 Å². The minimum atomic E-state index is -1.13. The summed E-state index contributed by atoms with van der Waals surface area (Å²) in [5, 5.41) is 13.7. The number of hydrogen-bond donors (Lipinski definition) is 3. The van der Waals surface area contributed by atoms with E-state index >= 15 is 0 Å². The standard InChI is InChI=1S/C34H58N2O16/c1-30(37)36-31-2-4-32(5-3-31)52-27-26-50-25-24-49-23-22-48-21-20-47-19-18-46-17-16-45-15-14-44-13-12-43-11-10-42-9-8-41-7-6-35-33(38)28-51-29-34(39)40/h2-5H,6-29H2,1H3,(H,35,38)(H,36,37)(H,39,40). The van der Waals surface area contributed by atoms with Gasteiger partial charge in [-0.05, 0) is 24.3 Å². The number of benzene rings is 1. The highest BCUT2D eigenvalue weighted by atomic mass is 16.6. The summed E-state index contributed by atoms with van der Waals surface area (Å²) in [4.78, 5) is 32.7. The van der Waals surface area contributed by atoms with Crippen molar-refractivity contribution in [2.75, 3.05) is 164 Å². The number of anilines is 1. The number of ether oxygens (including phenoxy) is 12. The number of aliphatic carboxylic acids is 1. The van der Waals surface area contributed by atoms with Gasteiger partial charge in [0.25, 0.3) is 0 Å². The molecule has 0 spiro atoms. The topological polar surface area (TPSA) is 206 Å². The van der Waals surface area contributed by atoms with Gasteiger partial charge >= 0.3 is 5.97 Å². The van der Waals surface area contributed by atoms with Crippen molar-refractivity contribution in [2.24, 2.45) is 0 Å². The van der Waals surface area contributed by atoms with Crippen LogP contribution in [0.25, 0.3) is 0 Å². The van der Waals surface area contributed by atoms with Crippen LogP contribution in [-0.4, -0.2) is 181 Å². The van der Waals surface area contributed by atoms with Gasteiger partial charge in [0.15, 0.2) is 0 Å². The van der Waals surface area contributed by atoms with E-state index in [-0.39, 0.29) is 12.5 Å². The number of carbonyl (C=O) groups is 3. The predicted molar refractivity (Wildman–Crippen MR) is 186 cm³/mol. The number of nitrogens with one attached hydrogen (secondary N) is 2. The van der Waals surface area contributed by atoms with Gasteiger partial charge < -0.3 is 72.6 Å². The molecule has 18 nitrogen and oxygen atoms in total. The van der Waals surface area contributed by atoms with Gasteiger partial charge in [0.1, 0.15) is 25.6 Å². The van der Waals surface area contributed by atoms with Crippen molar-refractivity contribution in [2.45, 2.75) is 6.92 Å². The molecule has 0 atom stereocenters. The number of amides is 2. The Bertz CT molecular complexity index is 989. The minimum absolute atomic E-state index is 0.115. The maximum absolute atomic E-state index is 11.4. The predicted octanol–water partition coefficient (Wildman–Crippen LogP) is 0.407. The summed E-state index contributed by atoms with van der Waals surface area (Å²) in [6.45, 7) is 10.3. The average Bonchev–Trinajstić information content (AvgIpc) is 3.12. The second kappa shape index (κ2) is 36.4. The Labute approximate surface area is 305 Å². The Kier molecular flexibility index (Phi) is 32.9. The van der Waals surface area contributed by atoms with Crippen molar-refractivity contribution in [3.8, 4) is 5.75 Å². The number of rotatable bonds is 39. The summed E-state index contributed by atoms with van der Waals surface area (Å²) in [6, 6.07) is 7.15. The summed E-state index contributed by atoms with van der Waals surface area (Å²) in [7, 11) is 0. The molecule has 3 N–H and O–H groups in total. The van der Waals surface area contributed by atoms with Crippen LogP contribution >= 0.6 is 0 Å². The van der Waals surface area contributed by atoms with E-state index in [9.17, 15) is 14.4 Å². The molecule has 0 saturated heterocycles. The second-order valence-electron chi connectivity index (χ2n) is 10.4. The van der Waals surface area contributed by atoms with Crippen molar-refractivity contribution in [1.82, 2.24) is 5.32 Å². The van der Waals surface area contributed by atoms with Gasteiger partial charge in [0.05, 0.1) is 132 Å². The van der Waals surface area contributed by atoms with E-state index in [0.717, 1.165) is 5.69 Å². The first-order chi connectivity index (χ1) is 25.5. The Balaban J connectivity index is 1.66. The number of carboxylic acids is 1. The van der Waals surface area contributed by atoms with E-state index in [0.29, 0.717) is 151 Å². The molecule has 2 amide bonds. The van der Waals surface area contributed by atoms with Crippen molar-refractivity contribution in [3.63, 3.8) is 0 Å². The third-order valence-corrected chi connectivity index (χ3v) is 6.05. The van der Waals surface area contributed by atoms with Crippen LogP contribution in [0.1, 0.15) is 6.92 Å². The zero-order valence-corrected chi connectivity index (χ0v) is 30.4. The molecule has 0 aliphatic heterocycles. The Morgan fingerprint density at radius 1 is 0.481 bits per heavy atom. The van der Waals surface area contributed by atoms with Crippen molar-refractivity contribution < 1.29 is 76.3 Å². The van der Waals surface area contributed by atoms with Crippen LogP contribution in [0.5, 0.6) is 5.75 Å². The van der Waals surface area contributed by atoms with Gasteiger partial charge in [-0.1, -0.05) is 0 Å². The molecular formula is C34H58N2O16. The van der Waals surface area contributed by atoms with Crippen LogP contribution in [-0.2, 0) is 66.5 Å². The third-order valence-electron chi connectivity index (χ3n) is 6.05. The monoisotopic (exact) mass is 750 g/mol. The quantitative estimate of drug-likeness (QED) is 0.0779. The van der Waals surface area contributed by atoms with Gasteiger partial charge in [-0.25, -0.2) is 4.79 Å². The molecule has 18 heteroatoms. The molecule has 52 heavy (non-hydrogen) atoms. The van der Waals surface area contributed by atoms with E-state index in [4.69, 9.17) is 57.2 Å². The normalized spacial score (nSPS) is 11.1. The number of carbonyl (C=O) groups excluding carboxylic acids is 2. The lowest BCUT2D eigenvalue weighted by Crippen LogP contribution is -2.31. The fourth-order valence-corrected chi connectivity index (χ4v) is 3.68. The lowest BCUT2D eigenvalue weighted by molar-refractivity contribution is -0.143. The maximum atomic E-state index is 11.4. The minimum Gasteiger partial charge on any atom is -0.491 e. The fraction of sp³-hybridized carbons (Fsp3) is 0.735. The molecule has 0 saturated carbocycles. The average molecular weight is 751 g/mol. The summed E-state index contributed by atoms with van der Waals surface area (Å²) >= 11 is 0. The lowest BCUT2D eigenvalue weighted by atomic mass is 10.3. The number of hydrogen-bond acceptors (Lipinski definition) is 15. The van der Waals surface area contributed by atoms with Crippen molar-refractivity contribution in [1.29, 1.82) is 0 Å². The molecule has 1 rings (SSSR count). The highest BCUT2D eigenvalue weighted by Gasteiger charge is 2.03. The van der Waals surface area contributed by atoms with E-state index in [1.165, 1.54) is 6.92 Å². The molecule has 0 aromatic heterocycles. The van der Waals surface area contributed by atoms with Gasteiger partial charge in [-0.15, -0.1) is 0 Å². The van der Waals surface area contributed by atoms with Crippen LogP contribution in [0.4, 0.5) is 5.69 Å². The molecule has 0 fully saturated rings. The largest absolute Gasteiger partial charge is 0.491 e. The molecule has 0 radical (unpaired) electrons. The van der Waals surface area contributed by atoms with E-state index in [1.807, 2.05) is 0 Å². The van der Waals surface area contributed by atoms with Crippen LogP contribution in [0.15, 0.2) is 24.3 Å². The second-order valence-corrected chi connectivity index (χ2v) is 10.4. The summed E-state index contributed by atoms with van der Waals surface area (Å²) in [5.41, 5.74) is 0.723. The first-order valence-corrected chi connectivity index (χ1v) is 17.3. The first kappa shape index (κ1) is 47.0. The van der Waals surface area contributed by atoms with Crippen molar-refractivity contribution >= 4 is 23.5 Å². The zero-order valence-electron chi connectivity index (χ0n) is 30.4. The molecule has 1 aromatic rings. The van der Waals surface area contributed by atoms with Crippen molar-refractivity contribution in [3.05, 3.63) is 24.3 Å². The van der Waals surface area contributed by atoms with Crippen LogP contribution in [0, 0.1) is 0 Å². The first-order valence-electron chi connectivity index (χ1n) is 17.3. The smallest absolute Gasteiger partial charge is 0.329 e. The molecule has 0 aliphatic rings. The summed E-state index contributed by atoms with van der Waals surface area (Å²) in [6.07, 6.45) is 0. The van der Waals surface area contributed by atoms with Crippen LogP contribution in [0.3, 0.4) is 0 Å². The number of carboxylic acid groups (broad SMARTS) is 1. The zero-order chi connectivity index (χ0) is 37.6. The highest BCUT2D eigenvalue weighted by molar-refractivity contribution is 5.88. The molecule has 0 bridgehead atoms. The summed E-state index contributed by atoms with van der Waals surface area (Å²) < 4.78 is 64.7. The van der Waals surface area contributed by atoms with Gasteiger partial charge in [0, 0.05) is 19.2 Å². The lowest BCUT2D eigenvalue weighted by Gasteiger charge is -2.09. The Hall–Kier alpha value is -3.01. The van der Waals surface area contributed by atoms with E-state index in [1.54, 1.807) is 24.3 Å². The maximum Gasteiger partial charge on any atom is 0.329 e. The van der Waals surface area contributed by atoms with Gasteiger partial charge in [0.2, 0.25) is 11.8 Å². The highest BCUT2D eigenvalue weighted by Crippen LogP contribution is 2.15. The summed E-state index contributed by atoms with van der Waals surface area (Å²) in [5.74, 6) is -0.936. The molecular weight excluding hydrogens is 692 g/mol. The molecule has 0 aliphatic carbocycles. The van der Waals surface area contributed by atoms with E-state index in [2.05, 4.69) is 15.4 Å². The SMILES string of the molecule is CC(=O)Nc1ccc(OCCOCCOCCOCCOCCOCCOCCOCCOCCOCCOCCNC(=O)COCC(=O)O)cc1. The fourth-order valence-electron chi connectivity index (χ4n) is 3.68. The van der Waals surface area contributed by atoms with E-state index < -0.39 is 18.5 Å². The Morgan fingerprint density at radius 2 is 0.827 bits per heavy atom. The van der Waals surface area contributed by atoms with Crippen LogP contribution < -0.4 is 15.4 Å². The molecule has 0 unspecified atom stereocenters. The molecule has 300 valence electrons. The molecule has 1 aromatic carbocycles. The van der Waals surface area contributed by atoms with Crippen LogP contribution in [0.2, 0.25) is 0 Å². The Morgan fingerprint density at radius 3 is 1.17 bits per heavy atom. The third kappa shape index (κ3) is 34.1. The molecule has 0 heterocycles. The van der Waals surface area contributed by atoms with Gasteiger partial charge in [-0.3, -0.25) is 9.59 Å².